The van der Waals surface area contributed by atoms with Crippen molar-refractivity contribution < 1.29 is 21.8 Å². The fraction of sp³-hybridized carbons (Fsp3) is 0.889. The second-order valence-corrected chi connectivity index (χ2v) is 6.40. The molecule has 0 aliphatic heterocycles. The summed E-state index contributed by atoms with van der Waals surface area (Å²) in [5.74, 6) is 0. The van der Waals surface area contributed by atoms with Crippen molar-refractivity contribution in [1.82, 2.24) is 4.90 Å². The first-order valence-corrected chi connectivity index (χ1v) is 6.26. The van der Waals surface area contributed by atoms with Crippen LogP contribution in [0.25, 0.3) is 0 Å². The monoisotopic (exact) mass is 255 g/mol. The van der Waals surface area contributed by atoms with E-state index in [1.807, 2.05) is 0 Å². The Hall–Kier alpha value is -0.850. The van der Waals surface area contributed by atoms with Crippen LogP contribution in [0, 0.1) is 0 Å². The van der Waals surface area contributed by atoms with Crippen LogP contribution in [0.5, 0.6) is 0 Å². The molecule has 0 rings (SSSR count). The molecule has 0 saturated heterocycles. The fourth-order valence-electron chi connectivity index (χ4n) is 0.889. The van der Waals surface area contributed by atoms with E-state index in [9.17, 15) is 17.1 Å². The number of carbonyl (C=O) groups is 1. The highest BCUT2D eigenvalue weighted by Gasteiger charge is 2.25. The number of ether oxygens (including phenoxy) is 1. The molecular weight excluding hydrogens is 237 g/mol. The summed E-state index contributed by atoms with van der Waals surface area (Å²) in [6, 6.07) is 0. The minimum Gasteiger partial charge on any atom is -0.444 e. The molecule has 96 valence electrons. The molecule has 1 unspecified atom stereocenters. The van der Waals surface area contributed by atoms with Crippen LogP contribution in [0.4, 0.5) is 8.68 Å². The lowest BCUT2D eigenvalue weighted by molar-refractivity contribution is 0.0300. The molecule has 0 aromatic carbocycles. The molecule has 0 fully saturated rings. The van der Waals surface area contributed by atoms with Crippen LogP contribution in [0.2, 0.25) is 0 Å². The van der Waals surface area contributed by atoms with Crippen LogP contribution >= 0.6 is 0 Å². The molecule has 1 amide bonds. The Balaban J connectivity index is 4.38. The van der Waals surface area contributed by atoms with E-state index in [4.69, 9.17) is 4.74 Å². The molecule has 0 aromatic heterocycles. The van der Waals surface area contributed by atoms with Crippen molar-refractivity contribution in [2.45, 2.75) is 38.5 Å². The van der Waals surface area contributed by atoms with Gasteiger partial charge in [-0.2, -0.15) is 8.42 Å². The summed E-state index contributed by atoms with van der Waals surface area (Å²) in [5, 5.41) is -1.26. The standard InChI is InChI=1S/C9H18FNO4S/c1-7(16(10,13)14)6-11(5)8(12)15-9(2,3)4/h7H,6H2,1-5H3. The lowest BCUT2D eigenvalue weighted by atomic mass is 10.2. The van der Waals surface area contributed by atoms with E-state index in [2.05, 4.69) is 0 Å². The third kappa shape index (κ3) is 5.89. The van der Waals surface area contributed by atoms with Crippen molar-refractivity contribution in [1.29, 1.82) is 0 Å². The second kappa shape index (κ2) is 4.99. The van der Waals surface area contributed by atoms with E-state index in [1.54, 1.807) is 20.8 Å². The van der Waals surface area contributed by atoms with Crippen molar-refractivity contribution in [3.05, 3.63) is 0 Å². The number of hydrogen-bond acceptors (Lipinski definition) is 4. The summed E-state index contributed by atoms with van der Waals surface area (Å²) < 4.78 is 38.6. The Morgan fingerprint density at radius 2 is 1.88 bits per heavy atom. The predicted octanol–water partition coefficient (Wildman–Crippen LogP) is 1.54. The quantitative estimate of drug-likeness (QED) is 0.718. The third-order valence-corrected chi connectivity index (χ3v) is 2.83. The zero-order valence-electron chi connectivity index (χ0n) is 10.2. The SMILES string of the molecule is CC(CN(C)C(=O)OC(C)(C)C)S(=O)(=O)F. The first-order valence-electron chi connectivity index (χ1n) is 4.81. The van der Waals surface area contributed by atoms with Gasteiger partial charge in [-0.1, -0.05) is 0 Å². The van der Waals surface area contributed by atoms with Gasteiger partial charge in [-0.3, -0.25) is 0 Å². The number of rotatable bonds is 3. The van der Waals surface area contributed by atoms with Crippen LogP contribution in [-0.2, 0) is 15.0 Å². The first-order chi connectivity index (χ1) is 6.93. The van der Waals surface area contributed by atoms with Gasteiger partial charge in [0.25, 0.3) is 0 Å². The Kier molecular flexibility index (Phi) is 4.72. The van der Waals surface area contributed by atoms with Gasteiger partial charge in [0.05, 0.1) is 0 Å². The maximum absolute atomic E-state index is 12.5. The van der Waals surface area contributed by atoms with Crippen molar-refractivity contribution in [3.8, 4) is 0 Å². The fourth-order valence-corrected chi connectivity index (χ4v) is 1.29. The first kappa shape index (κ1) is 15.2. The molecule has 0 bridgehead atoms. The molecule has 0 spiro atoms. The Labute approximate surface area is 95.8 Å². The minimum atomic E-state index is -4.62. The highest BCUT2D eigenvalue weighted by molar-refractivity contribution is 7.87. The van der Waals surface area contributed by atoms with Gasteiger partial charge < -0.3 is 9.64 Å². The predicted molar refractivity (Wildman–Crippen MR) is 58.4 cm³/mol. The molecule has 0 N–H and O–H groups in total. The van der Waals surface area contributed by atoms with Gasteiger partial charge in [0.2, 0.25) is 0 Å². The summed E-state index contributed by atoms with van der Waals surface area (Å²) in [6.45, 7) is 6.01. The van der Waals surface area contributed by atoms with Gasteiger partial charge in [0.15, 0.2) is 0 Å². The maximum Gasteiger partial charge on any atom is 0.410 e. The Morgan fingerprint density at radius 1 is 1.44 bits per heavy atom. The van der Waals surface area contributed by atoms with E-state index >= 15 is 0 Å². The summed E-state index contributed by atoms with van der Waals surface area (Å²) in [5.41, 5.74) is -0.664. The van der Waals surface area contributed by atoms with E-state index < -0.39 is 27.2 Å². The summed E-state index contributed by atoms with van der Waals surface area (Å²) in [7, 11) is -3.27. The van der Waals surface area contributed by atoms with E-state index in [0.717, 1.165) is 4.90 Å². The molecule has 16 heavy (non-hydrogen) atoms. The van der Waals surface area contributed by atoms with E-state index in [1.165, 1.54) is 14.0 Å². The van der Waals surface area contributed by atoms with Crippen molar-refractivity contribution >= 4 is 16.3 Å². The molecule has 0 radical (unpaired) electrons. The number of carbonyl (C=O) groups excluding carboxylic acids is 1. The molecule has 5 nitrogen and oxygen atoms in total. The topological polar surface area (TPSA) is 63.7 Å². The summed E-state index contributed by atoms with van der Waals surface area (Å²) in [4.78, 5) is 12.4. The van der Waals surface area contributed by atoms with Crippen LogP contribution in [0.1, 0.15) is 27.7 Å². The van der Waals surface area contributed by atoms with Gasteiger partial charge in [0, 0.05) is 13.6 Å². The molecular formula is C9H18FNO4S. The number of hydrogen-bond donors (Lipinski definition) is 0. The molecule has 0 aliphatic carbocycles. The van der Waals surface area contributed by atoms with Crippen LogP contribution in [-0.4, -0.2) is 43.9 Å². The zero-order chi connectivity index (χ0) is 13.1. The van der Waals surface area contributed by atoms with E-state index in [-0.39, 0.29) is 6.54 Å². The zero-order valence-corrected chi connectivity index (χ0v) is 11.0. The lowest BCUT2D eigenvalue weighted by Gasteiger charge is -2.25. The molecule has 0 heterocycles. The maximum atomic E-state index is 12.5. The molecule has 0 aromatic rings. The highest BCUT2D eigenvalue weighted by atomic mass is 32.3. The van der Waals surface area contributed by atoms with Gasteiger partial charge in [-0.05, 0) is 27.7 Å². The highest BCUT2D eigenvalue weighted by Crippen LogP contribution is 2.11. The van der Waals surface area contributed by atoms with Crippen molar-refractivity contribution in [2.24, 2.45) is 0 Å². The molecule has 7 heteroatoms. The average molecular weight is 255 g/mol. The number of amides is 1. The third-order valence-electron chi connectivity index (χ3n) is 1.72. The van der Waals surface area contributed by atoms with Gasteiger partial charge in [-0.15, -0.1) is 3.89 Å². The summed E-state index contributed by atoms with van der Waals surface area (Å²) >= 11 is 0. The van der Waals surface area contributed by atoms with Gasteiger partial charge >= 0.3 is 16.3 Å². The van der Waals surface area contributed by atoms with Crippen molar-refractivity contribution in [2.75, 3.05) is 13.6 Å². The minimum absolute atomic E-state index is 0.242. The van der Waals surface area contributed by atoms with Gasteiger partial charge in [0.1, 0.15) is 10.9 Å². The van der Waals surface area contributed by atoms with Gasteiger partial charge in [-0.25, -0.2) is 4.79 Å². The number of halogens is 1. The molecule has 1 atom stereocenters. The summed E-state index contributed by atoms with van der Waals surface area (Å²) in [6.07, 6.45) is -0.678. The van der Waals surface area contributed by atoms with Crippen molar-refractivity contribution in [3.63, 3.8) is 0 Å². The largest absolute Gasteiger partial charge is 0.444 e. The number of nitrogens with zero attached hydrogens (tertiary/aromatic N) is 1. The normalized spacial score (nSPS) is 14.4. The van der Waals surface area contributed by atoms with Crippen LogP contribution in [0.15, 0.2) is 0 Å². The molecule has 0 aliphatic rings. The second-order valence-electron chi connectivity index (χ2n) is 4.65. The smallest absolute Gasteiger partial charge is 0.410 e. The Bertz CT molecular complexity index is 347. The average Bonchev–Trinajstić information content (AvgIpc) is 1.98. The lowest BCUT2D eigenvalue weighted by Crippen LogP contribution is -2.39. The Morgan fingerprint density at radius 3 is 2.19 bits per heavy atom. The van der Waals surface area contributed by atoms with E-state index in [0.29, 0.717) is 0 Å². The molecule has 0 saturated carbocycles. The van der Waals surface area contributed by atoms with Crippen LogP contribution < -0.4 is 0 Å². The van der Waals surface area contributed by atoms with Crippen LogP contribution in [0.3, 0.4) is 0 Å².